The number of aromatic hydroxyl groups is 1. The first kappa shape index (κ1) is 20.3. The zero-order valence-electron chi connectivity index (χ0n) is 16.0. The highest BCUT2D eigenvalue weighted by molar-refractivity contribution is 7.07. The summed E-state index contributed by atoms with van der Waals surface area (Å²) in [6, 6.07) is 9.31. The number of thiophene rings is 1. The average Bonchev–Trinajstić information content (AvgIpc) is 3.04. The molecular weight excluding hydrogens is 346 g/mol. The second-order valence-corrected chi connectivity index (χ2v) is 8.30. The molecule has 0 saturated heterocycles. The number of amides is 2. The Morgan fingerprint density at radius 3 is 2.46 bits per heavy atom. The third-order valence-electron chi connectivity index (χ3n) is 4.31. The molecule has 0 fully saturated rings. The van der Waals surface area contributed by atoms with Gasteiger partial charge in [-0.2, -0.15) is 11.3 Å². The molecule has 0 aliphatic rings. The van der Waals surface area contributed by atoms with E-state index in [1.807, 2.05) is 40.1 Å². The number of hydrogen-bond acceptors (Lipinski definition) is 4. The van der Waals surface area contributed by atoms with Crippen LogP contribution in [0.3, 0.4) is 0 Å². The van der Waals surface area contributed by atoms with Gasteiger partial charge in [-0.15, -0.1) is 0 Å². The summed E-state index contributed by atoms with van der Waals surface area (Å²) in [5.41, 5.74) is 2.05. The molecule has 26 heavy (non-hydrogen) atoms. The van der Waals surface area contributed by atoms with Gasteiger partial charge in [0, 0.05) is 18.1 Å². The number of phenols is 1. The van der Waals surface area contributed by atoms with Crippen LogP contribution in [0.15, 0.2) is 41.1 Å². The molecule has 1 heterocycles. The normalized spacial score (nSPS) is 12.8. The number of benzene rings is 1. The molecule has 0 bridgehead atoms. The maximum Gasteiger partial charge on any atom is 0.315 e. The fourth-order valence-electron chi connectivity index (χ4n) is 2.85. The number of urea groups is 1. The molecule has 0 aliphatic heterocycles. The van der Waals surface area contributed by atoms with Crippen LogP contribution in [0.25, 0.3) is 0 Å². The lowest BCUT2D eigenvalue weighted by Gasteiger charge is -2.28. The molecule has 3 N–H and O–H groups in total. The lowest BCUT2D eigenvalue weighted by atomic mass is 9.97. The highest BCUT2D eigenvalue weighted by atomic mass is 32.1. The van der Waals surface area contributed by atoms with Crippen LogP contribution in [0.2, 0.25) is 0 Å². The highest BCUT2D eigenvalue weighted by Gasteiger charge is 2.22. The Morgan fingerprint density at radius 1 is 1.19 bits per heavy atom. The molecule has 142 valence electrons. The van der Waals surface area contributed by atoms with Gasteiger partial charge in [-0.3, -0.25) is 0 Å². The fourth-order valence-corrected chi connectivity index (χ4v) is 3.52. The molecule has 0 aliphatic carbocycles. The second kappa shape index (κ2) is 9.05. The summed E-state index contributed by atoms with van der Waals surface area (Å²) in [6.07, 6.45) is 1.60. The SMILES string of the molecule is CN(C)[C@@H](CNC(=O)NC(C)(C)Cc1ccsc1)Cc1ccc(O)cc1. The van der Waals surface area contributed by atoms with E-state index in [-0.39, 0.29) is 23.4 Å². The Labute approximate surface area is 160 Å². The molecule has 2 amide bonds. The molecule has 6 heteroatoms. The zero-order chi connectivity index (χ0) is 19.2. The molecule has 2 rings (SSSR count). The topological polar surface area (TPSA) is 64.6 Å². The molecular formula is C20H29N3O2S. The van der Waals surface area contributed by atoms with E-state index in [1.54, 1.807) is 23.5 Å². The highest BCUT2D eigenvalue weighted by Crippen LogP contribution is 2.15. The van der Waals surface area contributed by atoms with Crippen molar-refractivity contribution in [3.05, 3.63) is 52.2 Å². The molecule has 0 radical (unpaired) electrons. The summed E-state index contributed by atoms with van der Waals surface area (Å²) in [4.78, 5) is 14.4. The quantitative estimate of drug-likeness (QED) is 0.664. The maximum atomic E-state index is 12.3. The minimum absolute atomic E-state index is 0.150. The standard InChI is InChI=1S/C20H29N3O2S/c1-20(2,12-16-9-10-26-14-16)22-19(25)21-13-17(23(3)4)11-15-5-7-18(24)8-6-15/h5-10,14,17,24H,11-13H2,1-4H3,(H2,21,22,25)/t17-/m1/s1. The minimum Gasteiger partial charge on any atom is -0.508 e. The second-order valence-electron chi connectivity index (χ2n) is 7.52. The zero-order valence-corrected chi connectivity index (χ0v) is 16.8. The van der Waals surface area contributed by atoms with E-state index in [1.165, 1.54) is 5.56 Å². The Kier molecular flexibility index (Phi) is 7.06. The van der Waals surface area contributed by atoms with Crippen molar-refractivity contribution in [2.75, 3.05) is 20.6 Å². The van der Waals surface area contributed by atoms with Gasteiger partial charge in [0.1, 0.15) is 5.75 Å². The molecule has 0 saturated carbocycles. The van der Waals surface area contributed by atoms with Crippen LogP contribution in [0, 0.1) is 0 Å². The van der Waals surface area contributed by atoms with Crippen molar-refractivity contribution in [2.24, 2.45) is 0 Å². The fraction of sp³-hybridized carbons (Fsp3) is 0.450. The monoisotopic (exact) mass is 375 g/mol. The van der Waals surface area contributed by atoms with Crippen LogP contribution >= 0.6 is 11.3 Å². The molecule has 1 aromatic heterocycles. The Morgan fingerprint density at radius 2 is 1.88 bits per heavy atom. The molecule has 0 unspecified atom stereocenters. The van der Waals surface area contributed by atoms with E-state index in [9.17, 15) is 9.90 Å². The first-order chi connectivity index (χ1) is 12.2. The van der Waals surface area contributed by atoms with Crippen molar-refractivity contribution in [3.8, 4) is 5.75 Å². The van der Waals surface area contributed by atoms with Crippen LogP contribution in [0.4, 0.5) is 4.79 Å². The number of carbonyl (C=O) groups is 1. The van der Waals surface area contributed by atoms with Gasteiger partial charge >= 0.3 is 6.03 Å². The first-order valence-corrected chi connectivity index (χ1v) is 9.71. The summed E-state index contributed by atoms with van der Waals surface area (Å²) in [6.45, 7) is 4.61. The van der Waals surface area contributed by atoms with Crippen molar-refractivity contribution < 1.29 is 9.90 Å². The molecule has 1 aromatic carbocycles. The number of nitrogens with one attached hydrogen (secondary N) is 2. The number of rotatable bonds is 8. The van der Waals surface area contributed by atoms with Gasteiger partial charge in [0.2, 0.25) is 0 Å². The maximum absolute atomic E-state index is 12.3. The van der Waals surface area contributed by atoms with Gasteiger partial charge in [-0.25, -0.2) is 4.79 Å². The molecule has 2 aromatic rings. The lowest BCUT2D eigenvalue weighted by molar-refractivity contribution is 0.222. The van der Waals surface area contributed by atoms with E-state index in [0.717, 1.165) is 18.4 Å². The van der Waals surface area contributed by atoms with Crippen molar-refractivity contribution in [1.29, 1.82) is 0 Å². The van der Waals surface area contributed by atoms with Crippen LogP contribution < -0.4 is 10.6 Å². The van der Waals surface area contributed by atoms with Crippen LogP contribution in [0.1, 0.15) is 25.0 Å². The number of hydrogen-bond donors (Lipinski definition) is 3. The van der Waals surface area contributed by atoms with Gasteiger partial charge in [0.25, 0.3) is 0 Å². The van der Waals surface area contributed by atoms with E-state index in [2.05, 4.69) is 32.4 Å². The van der Waals surface area contributed by atoms with Gasteiger partial charge < -0.3 is 20.6 Å². The van der Waals surface area contributed by atoms with Gasteiger partial charge in [-0.1, -0.05) is 12.1 Å². The van der Waals surface area contributed by atoms with E-state index < -0.39 is 0 Å². The van der Waals surface area contributed by atoms with E-state index in [0.29, 0.717) is 6.54 Å². The van der Waals surface area contributed by atoms with E-state index >= 15 is 0 Å². The van der Waals surface area contributed by atoms with Crippen LogP contribution in [-0.2, 0) is 12.8 Å². The van der Waals surface area contributed by atoms with Crippen molar-refractivity contribution >= 4 is 17.4 Å². The smallest absolute Gasteiger partial charge is 0.315 e. The summed E-state index contributed by atoms with van der Waals surface area (Å²) in [5.74, 6) is 0.264. The molecule has 1 atom stereocenters. The third-order valence-corrected chi connectivity index (χ3v) is 5.05. The van der Waals surface area contributed by atoms with Crippen LogP contribution in [0.5, 0.6) is 5.75 Å². The minimum atomic E-state index is -0.310. The molecule has 0 spiro atoms. The Bertz CT molecular complexity index is 682. The van der Waals surface area contributed by atoms with E-state index in [4.69, 9.17) is 0 Å². The van der Waals surface area contributed by atoms with Gasteiger partial charge in [0.05, 0.1) is 0 Å². The van der Waals surface area contributed by atoms with Crippen LogP contribution in [-0.4, -0.2) is 48.3 Å². The lowest BCUT2D eigenvalue weighted by Crippen LogP contribution is -2.52. The van der Waals surface area contributed by atoms with Crippen molar-refractivity contribution in [1.82, 2.24) is 15.5 Å². The number of likely N-dealkylation sites (N-methyl/N-ethyl adjacent to an activating group) is 1. The van der Waals surface area contributed by atoms with Crippen molar-refractivity contribution in [2.45, 2.75) is 38.3 Å². The summed E-state index contributed by atoms with van der Waals surface area (Å²) >= 11 is 1.67. The largest absolute Gasteiger partial charge is 0.508 e. The third kappa shape index (κ3) is 6.69. The summed E-state index contributed by atoms with van der Waals surface area (Å²) in [7, 11) is 4.01. The van der Waals surface area contributed by atoms with Gasteiger partial charge in [-0.05, 0) is 80.9 Å². The summed E-state index contributed by atoms with van der Waals surface area (Å²) < 4.78 is 0. The predicted molar refractivity (Wildman–Crippen MR) is 108 cm³/mol. The number of carbonyl (C=O) groups excluding carboxylic acids is 1. The predicted octanol–water partition coefficient (Wildman–Crippen LogP) is 3.25. The Balaban J connectivity index is 1.85. The number of nitrogens with zero attached hydrogens (tertiary/aromatic N) is 1. The molecule has 5 nitrogen and oxygen atoms in total. The average molecular weight is 376 g/mol. The number of phenolic OH excluding ortho intramolecular Hbond substituents is 1. The van der Waals surface area contributed by atoms with Gasteiger partial charge in [0.15, 0.2) is 0 Å². The Hall–Kier alpha value is -2.05. The summed E-state index contributed by atoms with van der Waals surface area (Å²) in [5, 5.41) is 19.6. The first-order valence-electron chi connectivity index (χ1n) is 8.76. The van der Waals surface area contributed by atoms with Crippen molar-refractivity contribution in [3.63, 3.8) is 0 Å².